The Kier molecular flexibility index (Phi) is 5.44. The minimum absolute atomic E-state index is 0.0188. The SMILES string of the molecule is CCNC1(CC(=O)OC)CCCC(C(C)C)C1. The van der Waals surface area contributed by atoms with Gasteiger partial charge in [-0.15, -0.1) is 0 Å². The second kappa shape index (κ2) is 6.39. The first-order valence-corrected chi connectivity index (χ1v) is 6.85. The zero-order valence-corrected chi connectivity index (χ0v) is 11.7. The van der Waals surface area contributed by atoms with Crippen molar-refractivity contribution in [2.24, 2.45) is 11.8 Å². The zero-order chi connectivity index (χ0) is 12.9. The molecule has 2 unspecified atom stereocenters. The van der Waals surface area contributed by atoms with Crippen LogP contribution in [-0.4, -0.2) is 25.2 Å². The van der Waals surface area contributed by atoms with Crippen molar-refractivity contribution < 1.29 is 9.53 Å². The van der Waals surface area contributed by atoms with Crippen LogP contribution in [0.4, 0.5) is 0 Å². The van der Waals surface area contributed by atoms with Gasteiger partial charge in [-0.05, 0) is 31.2 Å². The fourth-order valence-corrected chi connectivity index (χ4v) is 3.08. The molecule has 17 heavy (non-hydrogen) atoms. The van der Waals surface area contributed by atoms with Gasteiger partial charge in [0, 0.05) is 5.54 Å². The number of hydrogen-bond acceptors (Lipinski definition) is 3. The maximum absolute atomic E-state index is 11.6. The van der Waals surface area contributed by atoms with E-state index in [2.05, 4.69) is 26.1 Å². The molecular formula is C14H27NO2. The van der Waals surface area contributed by atoms with Crippen molar-refractivity contribution in [2.75, 3.05) is 13.7 Å². The molecule has 1 saturated carbocycles. The first-order chi connectivity index (χ1) is 8.03. The molecule has 0 spiro atoms. The summed E-state index contributed by atoms with van der Waals surface area (Å²) in [5, 5.41) is 3.55. The summed E-state index contributed by atoms with van der Waals surface area (Å²) in [7, 11) is 1.48. The quantitative estimate of drug-likeness (QED) is 0.752. The highest BCUT2D eigenvalue weighted by Gasteiger charge is 2.38. The van der Waals surface area contributed by atoms with Gasteiger partial charge in [-0.1, -0.05) is 33.6 Å². The molecule has 0 aromatic heterocycles. The number of esters is 1. The summed E-state index contributed by atoms with van der Waals surface area (Å²) in [6.07, 6.45) is 5.23. The van der Waals surface area contributed by atoms with Gasteiger partial charge in [-0.2, -0.15) is 0 Å². The summed E-state index contributed by atoms with van der Waals surface area (Å²) in [5.41, 5.74) is -0.0188. The van der Waals surface area contributed by atoms with Crippen molar-refractivity contribution in [3.05, 3.63) is 0 Å². The van der Waals surface area contributed by atoms with E-state index in [9.17, 15) is 4.79 Å². The van der Waals surface area contributed by atoms with E-state index in [1.54, 1.807) is 0 Å². The average Bonchev–Trinajstić information content (AvgIpc) is 2.29. The standard InChI is InChI=1S/C14H27NO2/c1-5-15-14(10-13(16)17-4)8-6-7-12(9-14)11(2)3/h11-12,15H,5-10H2,1-4H3. The Hall–Kier alpha value is -0.570. The van der Waals surface area contributed by atoms with Crippen molar-refractivity contribution in [1.82, 2.24) is 5.32 Å². The molecule has 1 aliphatic carbocycles. The molecule has 0 saturated heterocycles. The highest BCUT2D eigenvalue weighted by Crippen LogP contribution is 2.38. The molecular weight excluding hydrogens is 214 g/mol. The Morgan fingerprint density at radius 1 is 1.53 bits per heavy atom. The van der Waals surface area contributed by atoms with E-state index in [-0.39, 0.29) is 11.5 Å². The van der Waals surface area contributed by atoms with Crippen molar-refractivity contribution in [2.45, 2.75) is 58.4 Å². The van der Waals surface area contributed by atoms with Crippen molar-refractivity contribution in [3.63, 3.8) is 0 Å². The number of methoxy groups -OCH3 is 1. The molecule has 0 aromatic carbocycles. The van der Waals surface area contributed by atoms with Crippen LogP contribution >= 0.6 is 0 Å². The van der Waals surface area contributed by atoms with E-state index in [0.29, 0.717) is 12.3 Å². The van der Waals surface area contributed by atoms with Crippen molar-refractivity contribution in [3.8, 4) is 0 Å². The lowest BCUT2D eigenvalue weighted by atomic mass is 9.70. The largest absolute Gasteiger partial charge is 0.469 e. The van der Waals surface area contributed by atoms with E-state index >= 15 is 0 Å². The van der Waals surface area contributed by atoms with Gasteiger partial charge in [-0.25, -0.2) is 0 Å². The number of carbonyl (C=O) groups is 1. The number of hydrogen-bond donors (Lipinski definition) is 1. The van der Waals surface area contributed by atoms with Gasteiger partial charge in [0.15, 0.2) is 0 Å². The first kappa shape index (κ1) is 14.5. The topological polar surface area (TPSA) is 38.3 Å². The van der Waals surface area contributed by atoms with Crippen LogP contribution in [-0.2, 0) is 9.53 Å². The highest BCUT2D eigenvalue weighted by molar-refractivity contribution is 5.70. The normalized spacial score (nSPS) is 29.4. The monoisotopic (exact) mass is 241 g/mol. The van der Waals surface area contributed by atoms with Crippen LogP contribution in [0.15, 0.2) is 0 Å². The fraction of sp³-hybridized carbons (Fsp3) is 0.929. The van der Waals surface area contributed by atoms with E-state index < -0.39 is 0 Å². The molecule has 2 atom stereocenters. The third-order valence-electron chi connectivity index (χ3n) is 4.09. The number of nitrogens with one attached hydrogen (secondary N) is 1. The average molecular weight is 241 g/mol. The van der Waals surface area contributed by atoms with Crippen LogP contribution in [0.3, 0.4) is 0 Å². The Labute approximate surface area is 105 Å². The molecule has 3 heteroatoms. The molecule has 3 nitrogen and oxygen atoms in total. The number of ether oxygens (including phenoxy) is 1. The lowest BCUT2D eigenvalue weighted by Crippen LogP contribution is -2.50. The smallest absolute Gasteiger partial charge is 0.307 e. The summed E-state index contributed by atoms with van der Waals surface area (Å²) < 4.78 is 4.84. The zero-order valence-electron chi connectivity index (χ0n) is 11.7. The predicted molar refractivity (Wildman–Crippen MR) is 69.8 cm³/mol. The molecule has 0 radical (unpaired) electrons. The minimum Gasteiger partial charge on any atom is -0.469 e. The molecule has 1 aliphatic rings. The molecule has 0 aromatic rings. The highest BCUT2D eigenvalue weighted by atomic mass is 16.5. The van der Waals surface area contributed by atoms with Crippen molar-refractivity contribution in [1.29, 1.82) is 0 Å². The fourth-order valence-electron chi connectivity index (χ4n) is 3.08. The molecule has 1 fully saturated rings. The van der Waals surface area contributed by atoms with Gasteiger partial charge in [0.2, 0.25) is 0 Å². The predicted octanol–water partition coefficient (Wildman–Crippen LogP) is 2.74. The van der Waals surface area contributed by atoms with Gasteiger partial charge in [0.1, 0.15) is 0 Å². The van der Waals surface area contributed by atoms with Crippen LogP contribution in [0, 0.1) is 11.8 Å². The van der Waals surface area contributed by atoms with E-state index in [1.165, 1.54) is 20.0 Å². The van der Waals surface area contributed by atoms with Crippen LogP contribution in [0.5, 0.6) is 0 Å². The molecule has 1 rings (SSSR count). The molecule has 0 amide bonds. The van der Waals surface area contributed by atoms with Crippen LogP contribution in [0.25, 0.3) is 0 Å². The Morgan fingerprint density at radius 2 is 2.24 bits per heavy atom. The Balaban J connectivity index is 2.72. The van der Waals surface area contributed by atoms with Gasteiger partial charge in [-0.3, -0.25) is 4.79 Å². The summed E-state index contributed by atoms with van der Waals surface area (Å²) in [5.74, 6) is 1.34. The van der Waals surface area contributed by atoms with Crippen LogP contribution < -0.4 is 5.32 Å². The minimum atomic E-state index is -0.0876. The maximum atomic E-state index is 11.6. The van der Waals surface area contributed by atoms with Crippen LogP contribution in [0.1, 0.15) is 52.9 Å². The second-order valence-corrected chi connectivity index (χ2v) is 5.66. The molecule has 0 bridgehead atoms. The summed E-state index contributed by atoms with van der Waals surface area (Å²) in [6, 6.07) is 0. The molecule has 100 valence electrons. The van der Waals surface area contributed by atoms with Gasteiger partial charge >= 0.3 is 5.97 Å². The first-order valence-electron chi connectivity index (χ1n) is 6.85. The maximum Gasteiger partial charge on any atom is 0.307 e. The number of rotatable bonds is 5. The van der Waals surface area contributed by atoms with E-state index in [4.69, 9.17) is 4.74 Å². The van der Waals surface area contributed by atoms with E-state index in [0.717, 1.165) is 25.3 Å². The van der Waals surface area contributed by atoms with Crippen LogP contribution in [0.2, 0.25) is 0 Å². The van der Waals surface area contributed by atoms with Gasteiger partial charge in [0.05, 0.1) is 13.5 Å². The van der Waals surface area contributed by atoms with Crippen molar-refractivity contribution >= 4 is 5.97 Å². The summed E-state index contributed by atoms with van der Waals surface area (Å²) in [6.45, 7) is 7.59. The third-order valence-corrected chi connectivity index (χ3v) is 4.09. The Bertz CT molecular complexity index is 249. The lowest BCUT2D eigenvalue weighted by molar-refractivity contribution is -0.143. The number of carbonyl (C=O) groups excluding carboxylic acids is 1. The Morgan fingerprint density at radius 3 is 2.76 bits per heavy atom. The second-order valence-electron chi connectivity index (χ2n) is 5.66. The lowest BCUT2D eigenvalue weighted by Gasteiger charge is -2.42. The van der Waals surface area contributed by atoms with Gasteiger partial charge < -0.3 is 10.1 Å². The molecule has 0 aliphatic heterocycles. The summed E-state index contributed by atoms with van der Waals surface area (Å²) >= 11 is 0. The summed E-state index contributed by atoms with van der Waals surface area (Å²) in [4.78, 5) is 11.6. The molecule has 0 heterocycles. The molecule has 1 N–H and O–H groups in total. The van der Waals surface area contributed by atoms with Gasteiger partial charge in [0.25, 0.3) is 0 Å². The van der Waals surface area contributed by atoms with E-state index in [1.807, 2.05) is 0 Å². The third kappa shape index (κ3) is 3.98.